The molecule has 106 valence electrons. The van der Waals surface area contributed by atoms with Crippen LogP contribution in [0, 0.1) is 5.82 Å². The van der Waals surface area contributed by atoms with Gasteiger partial charge in [-0.1, -0.05) is 11.6 Å². The summed E-state index contributed by atoms with van der Waals surface area (Å²) in [5.41, 5.74) is 0. The van der Waals surface area contributed by atoms with E-state index in [-0.39, 0.29) is 23.5 Å². The molecule has 0 fully saturated rings. The normalized spacial score (nSPS) is 10.6. The molecule has 0 atom stereocenters. The van der Waals surface area contributed by atoms with E-state index < -0.39 is 0 Å². The average molecular weight is 362 g/mol. The van der Waals surface area contributed by atoms with Crippen LogP contribution in [-0.2, 0) is 11.3 Å². The lowest BCUT2D eigenvalue weighted by Gasteiger charge is -2.07. The Morgan fingerprint density at radius 3 is 2.80 bits per heavy atom. The van der Waals surface area contributed by atoms with Crippen molar-refractivity contribution in [1.82, 2.24) is 9.97 Å². The van der Waals surface area contributed by atoms with Gasteiger partial charge >= 0.3 is 0 Å². The lowest BCUT2D eigenvalue weighted by Crippen LogP contribution is -2.01. The third-order valence-electron chi connectivity index (χ3n) is 2.27. The van der Waals surface area contributed by atoms with Crippen LogP contribution in [0.5, 0.6) is 11.6 Å². The summed E-state index contributed by atoms with van der Waals surface area (Å²) in [5, 5.41) is 0.255. The van der Waals surface area contributed by atoms with E-state index in [1.807, 2.05) is 6.92 Å². The summed E-state index contributed by atoms with van der Waals surface area (Å²) in [5.74, 6) is 0.777. The molecule has 1 aromatic heterocycles. The number of hydrogen-bond acceptors (Lipinski definition) is 4. The Labute approximate surface area is 129 Å². The summed E-state index contributed by atoms with van der Waals surface area (Å²) in [6, 6.07) is 5.78. The number of nitrogens with zero attached hydrogens (tertiary/aromatic N) is 2. The Morgan fingerprint density at radius 1 is 1.30 bits per heavy atom. The van der Waals surface area contributed by atoms with Gasteiger partial charge in [-0.15, -0.1) is 0 Å². The first-order valence-electron chi connectivity index (χ1n) is 5.82. The number of halogens is 3. The van der Waals surface area contributed by atoms with E-state index in [2.05, 4.69) is 25.9 Å². The summed E-state index contributed by atoms with van der Waals surface area (Å²) in [6.07, 6.45) is 0. The van der Waals surface area contributed by atoms with Crippen LogP contribution in [0.25, 0.3) is 0 Å². The second-order valence-electron chi connectivity index (χ2n) is 3.76. The maximum atomic E-state index is 13.1. The summed E-state index contributed by atoms with van der Waals surface area (Å²) < 4.78 is 24.2. The second-order valence-corrected chi connectivity index (χ2v) is 5.00. The van der Waals surface area contributed by atoms with Crippen molar-refractivity contribution in [3.63, 3.8) is 0 Å². The van der Waals surface area contributed by atoms with Gasteiger partial charge in [-0.25, -0.2) is 9.37 Å². The molecule has 2 aromatic rings. The lowest BCUT2D eigenvalue weighted by molar-refractivity contribution is 0.128. The maximum absolute atomic E-state index is 13.1. The van der Waals surface area contributed by atoms with E-state index in [1.54, 1.807) is 0 Å². The fraction of sp³-hybridized carbons (Fsp3) is 0.231. The zero-order valence-corrected chi connectivity index (χ0v) is 12.9. The summed E-state index contributed by atoms with van der Waals surface area (Å²) in [4.78, 5) is 8.19. The van der Waals surface area contributed by atoms with Gasteiger partial charge in [0, 0.05) is 12.7 Å². The molecule has 0 radical (unpaired) electrons. The maximum Gasteiger partial charge on any atom is 0.224 e. The quantitative estimate of drug-likeness (QED) is 0.742. The topological polar surface area (TPSA) is 44.2 Å². The molecule has 0 amide bonds. The van der Waals surface area contributed by atoms with Gasteiger partial charge in [-0.05, 0) is 41.1 Å². The van der Waals surface area contributed by atoms with Crippen molar-refractivity contribution >= 4 is 27.5 Å². The minimum Gasteiger partial charge on any atom is -0.439 e. The summed E-state index contributed by atoms with van der Waals surface area (Å²) >= 11 is 8.98. The predicted molar refractivity (Wildman–Crippen MR) is 76.5 cm³/mol. The lowest BCUT2D eigenvalue weighted by atomic mass is 10.3. The molecule has 1 aromatic carbocycles. The second kappa shape index (κ2) is 6.97. The van der Waals surface area contributed by atoms with Crippen LogP contribution in [-0.4, -0.2) is 16.6 Å². The molecule has 0 unspecified atom stereocenters. The molecule has 7 heteroatoms. The Bertz CT molecular complexity index is 613. The molecule has 4 nitrogen and oxygen atoms in total. The molecular weight excluding hydrogens is 351 g/mol. The van der Waals surface area contributed by atoms with Crippen LogP contribution in [0.4, 0.5) is 4.39 Å². The first kappa shape index (κ1) is 15.2. The molecule has 0 saturated carbocycles. The molecule has 0 aliphatic carbocycles. The number of hydrogen-bond donors (Lipinski definition) is 0. The minimum absolute atomic E-state index is 0.251. The van der Waals surface area contributed by atoms with Gasteiger partial charge in [0.25, 0.3) is 0 Å². The van der Waals surface area contributed by atoms with Crippen LogP contribution in [0.15, 0.2) is 28.7 Å². The van der Waals surface area contributed by atoms with Crippen LogP contribution in [0.1, 0.15) is 12.7 Å². The third-order valence-corrected chi connectivity index (χ3v) is 3.07. The highest BCUT2D eigenvalue weighted by Gasteiger charge is 2.07. The fourth-order valence-corrected chi connectivity index (χ4v) is 1.96. The van der Waals surface area contributed by atoms with Crippen molar-refractivity contribution in [3.8, 4) is 11.6 Å². The Kier molecular flexibility index (Phi) is 5.28. The molecule has 2 rings (SSSR count). The van der Waals surface area contributed by atoms with E-state index in [9.17, 15) is 4.39 Å². The number of rotatable bonds is 5. The van der Waals surface area contributed by atoms with Gasteiger partial charge in [-0.2, -0.15) is 4.98 Å². The Hall–Kier alpha value is -1.24. The molecule has 0 N–H and O–H groups in total. The SMILES string of the molecule is CCOCc1nc(Cl)cc(Oc2ccc(F)c(Br)c2)n1. The monoisotopic (exact) mass is 360 g/mol. The average Bonchev–Trinajstić information content (AvgIpc) is 2.40. The number of aromatic nitrogens is 2. The van der Waals surface area contributed by atoms with Gasteiger partial charge in [0.1, 0.15) is 23.3 Å². The van der Waals surface area contributed by atoms with E-state index in [0.717, 1.165) is 0 Å². The fourth-order valence-electron chi connectivity index (χ4n) is 1.41. The Morgan fingerprint density at radius 2 is 2.10 bits per heavy atom. The van der Waals surface area contributed by atoms with E-state index in [4.69, 9.17) is 21.1 Å². The predicted octanol–water partition coefficient (Wildman–Crippen LogP) is 4.36. The van der Waals surface area contributed by atoms with Gasteiger partial charge in [0.15, 0.2) is 5.82 Å². The number of ether oxygens (including phenoxy) is 2. The smallest absolute Gasteiger partial charge is 0.224 e. The zero-order valence-electron chi connectivity index (χ0n) is 10.6. The largest absolute Gasteiger partial charge is 0.439 e. The van der Waals surface area contributed by atoms with Crippen LogP contribution < -0.4 is 4.74 Å². The standard InChI is InChI=1S/C13H11BrClFN2O2/c1-2-19-7-12-17-11(15)6-13(18-12)20-8-3-4-10(16)9(14)5-8/h3-6H,2,7H2,1H3. The molecular formula is C13H11BrClFN2O2. The van der Waals surface area contributed by atoms with Crippen molar-refractivity contribution in [1.29, 1.82) is 0 Å². The van der Waals surface area contributed by atoms with Gasteiger partial charge in [0.2, 0.25) is 5.88 Å². The molecule has 20 heavy (non-hydrogen) atoms. The summed E-state index contributed by atoms with van der Waals surface area (Å²) in [7, 11) is 0. The molecule has 0 saturated heterocycles. The highest BCUT2D eigenvalue weighted by atomic mass is 79.9. The first-order chi connectivity index (χ1) is 9.58. The zero-order chi connectivity index (χ0) is 14.5. The first-order valence-corrected chi connectivity index (χ1v) is 6.99. The van der Waals surface area contributed by atoms with Gasteiger partial charge < -0.3 is 9.47 Å². The molecule has 1 heterocycles. The van der Waals surface area contributed by atoms with Crippen molar-refractivity contribution in [2.75, 3.05) is 6.61 Å². The molecule has 0 bridgehead atoms. The van der Waals surface area contributed by atoms with Crippen LogP contribution >= 0.6 is 27.5 Å². The highest BCUT2D eigenvalue weighted by Crippen LogP contribution is 2.26. The van der Waals surface area contributed by atoms with Crippen LogP contribution in [0.2, 0.25) is 5.15 Å². The van der Waals surface area contributed by atoms with E-state index in [0.29, 0.717) is 22.7 Å². The van der Waals surface area contributed by atoms with Crippen molar-refractivity contribution in [2.24, 2.45) is 0 Å². The molecule has 0 aliphatic rings. The van der Waals surface area contributed by atoms with Crippen molar-refractivity contribution < 1.29 is 13.9 Å². The number of benzene rings is 1. The molecule has 0 aliphatic heterocycles. The van der Waals surface area contributed by atoms with Crippen molar-refractivity contribution in [3.05, 3.63) is 45.5 Å². The van der Waals surface area contributed by atoms with E-state index in [1.165, 1.54) is 24.3 Å². The van der Waals surface area contributed by atoms with Gasteiger partial charge in [-0.3, -0.25) is 0 Å². The minimum atomic E-state index is -0.366. The van der Waals surface area contributed by atoms with Gasteiger partial charge in [0.05, 0.1) is 4.47 Å². The highest BCUT2D eigenvalue weighted by molar-refractivity contribution is 9.10. The third kappa shape index (κ3) is 4.13. The van der Waals surface area contributed by atoms with Crippen LogP contribution in [0.3, 0.4) is 0 Å². The molecule has 0 spiro atoms. The summed E-state index contributed by atoms with van der Waals surface area (Å²) in [6.45, 7) is 2.68. The Balaban J connectivity index is 2.19. The van der Waals surface area contributed by atoms with E-state index >= 15 is 0 Å². The van der Waals surface area contributed by atoms with Crippen molar-refractivity contribution in [2.45, 2.75) is 13.5 Å².